The Labute approximate surface area is 173 Å². The van der Waals surface area contributed by atoms with Gasteiger partial charge in [-0.15, -0.1) is 0 Å². The molecule has 2 aromatic carbocycles. The van der Waals surface area contributed by atoms with Crippen LogP contribution < -0.4 is 5.32 Å². The summed E-state index contributed by atoms with van der Waals surface area (Å²) in [7, 11) is 0. The van der Waals surface area contributed by atoms with E-state index in [0.29, 0.717) is 5.56 Å². The fourth-order valence-corrected chi connectivity index (χ4v) is 3.17. The van der Waals surface area contributed by atoms with Gasteiger partial charge in [-0.3, -0.25) is 10.1 Å². The molecule has 5 heteroatoms. The summed E-state index contributed by atoms with van der Waals surface area (Å²) in [6, 6.07) is 11.9. The Morgan fingerprint density at radius 1 is 0.897 bits per heavy atom. The van der Waals surface area contributed by atoms with Crippen molar-refractivity contribution in [3.63, 3.8) is 0 Å². The van der Waals surface area contributed by atoms with E-state index in [1.54, 1.807) is 6.08 Å². The first kappa shape index (κ1) is 22.6. The second-order valence-electron chi connectivity index (χ2n) is 7.32. The molecule has 0 amide bonds. The van der Waals surface area contributed by atoms with Gasteiger partial charge in [0.15, 0.2) is 0 Å². The summed E-state index contributed by atoms with van der Waals surface area (Å²) >= 11 is 0. The molecule has 0 aliphatic rings. The van der Waals surface area contributed by atoms with Crippen molar-refractivity contribution in [1.29, 1.82) is 0 Å². The molecule has 0 aliphatic heterocycles. The molecule has 1 N–H and O–H groups in total. The number of nitrogens with one attached hydrogen (secondary N) is 1. The molecule has 0 saturated carbocycles. The van der Waals surface area contributed by atoms with E-state index in [0.717, 1.165) is 17.8 Å². The second kappa shape index (κ2) is 12.7. The van der Waals surface area contributed by atoms with Crippen LogP contribution in [0, 0.1) is 15.9 Å². The zero-order chi connectivity index (χ0) is 20.9. The highest BCUT2D eigenvalue weighted by atomic mass is 19.1. The van der Waals surface area contributed by atoms with Gasteiger partial charge in [0.1, 0.15) is 0 Å². The van der Waals surface area contributed by atoms with Crippen LogP contribution in [-0.2, 0) is 0 Å². The highest BCUT2D eigenvalue weighted by molar-refractivity contribution is 5.71. The Balaban J connectivity index is 1.71. The highest BCUT2D eigenvalue weighted by Gasteiger charge is 2.12. The van der Waals surface area contributed by atoms with Gasteiger partial charge in [-0.1, -0.05) is 76.2 Å². The zero-order valence-corrected chi connectivity index (χ0v) is 17.2. The summed E-state index contributed by atoms with van der Waals surface area (Å²) in [6.07, 6.45) is 14.1. The molecule has 29 heavy (non-hydrogen) atoms. The maximum atomic E-state index is 13.7. The molecule has 0 saturated heterocycles. The SMILES string of the molecule is CCCCCCCCCCNc1ccc(C=Cc2ccc([N+](=O)[O-])c(F)c2)cc1. The minimum Gasteiger partial charge on any atom is -0.385 e. The van der Waals surface area contributed by atoms with E-state index >= 15 is 0 Å². The molecule has 0 fully saturated rings. The van der Waals surface area contributed by atoms with Crippen LogP contribution in [-0.4, -0.2) is 11.5 Å². The lowest BCUT2D eigenvalue weighted by Gasteiger charge is -2.07. The summed E-state index contributed by atoms with van der Waals surface area (Å²) in [5.41, 5.74) is 2.16. The van der Waals surface area contributed by atoms with Gasteiger partial charge in [0, 0.05) is 18.3 Å². The van der Waals surface area contributed by atoms with Crippen LogP contribution in [0.5, 0.6) is 0 Å². The standard InChI is InChI=1S/C24H31FN2O2/c1-2-3-4-5-6-7-8-9-18-26-22-15-12-20(13-16-22)10-11-21-14-17-24(27(28)29)23(25)19-21/h10-17,19,26H,2-9,18H2,1H3. The number of benzene rings is 2. The molecule has 0 aromatic heterocycles. The summed E-state index contributed by atoms with van der Waals surface area (Å²) in [4.78, 5) is 9.94. The first-order valence-corrected chi connectivity index (χ1v) is 10.6. The van der Waals surface area contributed by atoms with Crippen molar-refractivity contribution in [2.45, 2.75) is 58.3 Å². The number of nitrogens with zero attached hydrogens (tertiary/aromatic N) is 1. The van der Waals surface area contributed by atoms with Gasteiger partial charge in [0.25, 0.3) is 0 Å². The average molecular weight is 399 g/mol. The zero-order valence-electron chi connectivity index (χ0n) is 17.2. The molecule has 156 valence electrons. The monoisotopic (exact) mass is 398 g/mol. The van der Waals surface area contributed by atoms with E-state index in [9.17, 15) is 14.5 Å². The topological polar surface area (TPSA) is 55.2 Å². The molecule has 0 heterocycles. The van der Waals surface area contributed by atoms with Gasteiger partial charge in [-0.05, 0) is 41.8 Å². The van der Waals surface area contributed by atoms with Gasteiger partial charge < -0.3 is 5.32 Å². The van der Waals surface area contributed by atoms with Crippen molar-refractivity contribution >= 4 is 23.5 Å². The van der Waals surface area contributed by atoms with Crippen LogP contribution in [0.2, 0.25) is 0 Å². The number of halogens is 1. The van der Waals surface area contributed by atoms with Crippen molar-refractivity contribution in [2.75, 3.05) is 11.9 Å². The summed E-state index contributed by atoms with van der Waals surface area (Å²) in [5, 5.41) is 14.1. The molecular formula is C24H31FN2O2. The fraction of sp³-hybridized carbons (Fsp3) is 0.417. The van der Waals surface area contributed by atoms with E-state index < -0.39 is 16.4 Å². The number of hydrogen-bond donors (Lipinski definition) is 1. The molecule has 0 radical (unpaired) electrons. The van der Waals surface area contributed by atoms with Crippen molar-refractivity contribution in [2.24, 2.45) is 0 Å². The molecule has 0 unspecified atom stereocenters. The minimum atomic E-state index is -0.822. The molecule has 0 bridgehead atoms. The van der Waals surface area contributed by atoms with Crippen LogP contribution >= 0.6 is 0 Å². The van der Waals surface area contributed by atoms with E-state index in [4.69, 9.17) is 0 Å². The third kappa shape index (κ3) is 8.46. The van der Waals surface area contributed by atoms with Crippen molar-refractivity contribution < 1.29 is 9.31 Å². The summed E-state index contributed by atoms with van der Waals surface area (Å²) in [6.45, 7) is 3.22. The number of hydrogen-bond acceptors (Lipinski definition) is 3. The quantitative estimate of drug-likeness (QED) is 0.165. The van der Waals surface area contributed by atoms with Gasteiger partial charge in [-0.25, -0.2) is 0 Å². The van der Waals surface area contributed by atoms with Gasteiger partial charge in [0.05, 0.1) is 4.92 Å². The van der Waals surface area contributed by atoms with Crippen LogP contribution in [0.4, 0.5) is 15.8 Å². The largest absolute Gasteiger partial charge is 0.385 e. The molecule has 0 atom stereocenters. The third-order valence-electron chi connectivity index (χ3n) is 4.91. The Morgan fingerprint density at radius 3 is 2.10 bits per heavy atom. The Bertz CT molecular complexity index is 788. The average Bonchev–Trinajstić information content (AvgIpc) is 2.71. The van der Waals surface area contributed by atoms with Crippen molar-refractivity contribution in [3.05, 3.63) is 69.5 Å². The van der Waals surface area contributed by atoms with E-state index in [1.807, 2.05) is 30.3 Å². The fourth-order valence-electron chi connectivity index (χ4n) is 3.17. The normalized spacial score (nSPS) is 11.1. The first-order valence-electron chi connectivity index (χ1n) is 10.6. The van der Waals surface area contributed by atoms with Gasteiger partial charge >= 0.3 is 5.69 Å². The molecule has 4 nitrogen and oxygen atoms in total. The lowest BCUT2D eigenvalue weighted by Crippen LogP contribution is -2.01. The first-order chi connectivity index (χ1) is 14.1. The number of nitro benzene ring substituents is 1. The predicted octanol–water partition coefficient (Wildman–Crippen LogP) is 7.46. The Morgan fingerprint density at radius 2 is 1.48 bits per heavy atom. The highest BCUT2D eigenvalue weighted by Crippen LogP contribution is 2.20. The molecule has 2 rings (SSSR count). The lowest BCUT2D eigenvalue weighted by molar-refractivity contribution is -0.387. The number of unbranched alkanes of at least 4 members (excludes halogenated alkanes) is 7. The Kier molecular flexibility index (Phi) is 9.90. The van der Waals surface area contributed by atoms with Crippen molar-refractivity contribution in [3.8, 4) is 0 Å². The smallest absolute Gasteiger partial charge is 0.304 e. The molecule has 0 spiro atoms. The lowest BCUT2D eigenvalue weighted by atomic mass is 10.1. The molecular weight excluding hydrogens is 367 g/mol. The molecule has 0 aliphatic carbocycles. The predicted molar refractivity (Wildman–Crippen MR) is 120 cm³/mol. The Hall–Kier alpha value is -2.69. The minimum absolute atomic E-state index is 0.505. The van der Waals surface area contributed by atoms with Crippen LogP contribution in [0.3, 0.4) is 0 Å². The maximum Gasteiger partial charge on any atom is 0.304 e. The summed E-state index contributed by atoms with van der Waals surface area (Å²) in [5.74, 6) is -0.822. The second-order valence-corrected chi connectivity index (χ2v) is 7.32. The van der Waals surface area contributed by atoms with E-state index in [2.05, 4.69) is 12.2 Å². The van der Waals surface area contributed by atoms with Crippen LogP contribution in [0.15, 0.2) is 42.5 Å². The third-order valence-corrected chi connectivity index (χ3v) is 4.91. The number of rotatable bonds is 13. The summed E-state index contributed by atoms with van der Waals surface area (Å²) < 4.78 is 13.7. The maximum absolute atomic E-state index is 13.7. The number of anilines is 1. The molecule has 2 aromatic rings. The van der Waals surface area contributed by atoms with Gasteiger partial charge in [-0.2, -0.15) is 4.39 Å². The van der Waals surface area contributed by atoms with Crippen LogP contribution in [0.1, 0.15) is 69.4 Å². The van der Waals surface area contributed by atoms with Crippen molar-refractivity contribution in [1.82, 2.24) is 0 Å². The van der Waals surface area contributed by atoms with Gasteiger partial charge in [0.2, 0.25) is 5.82 Å². The van der Waals surface area contributed by atoms with E-state index in [1.165, 1.54) is 69.6 Å². The van der Waals surface area contributed by atoms with Crippen LogP contribution in [0.25, 0.3) is 12.2 Å². The number of nitro groups is 1. The van der Waals surface area contributed by atoms with E-state index in [-0.39, 0.29) is 0 Å².